The van der Waals surface area contributed by atoms with Crippen molar-refractivity contribution in [3.63, 3.8) is 0 Å². The number of fused-ring (bicyclic) bond motifs is 1. The third kappa shape index (κ3) is 1.10. The lowest BCUT2D eigenvalue weighted by Gasteiger charge is -1.99. The predicted molar refractivity (Wildman–Crippen MR) is 47.9 cm³/mol. The monoisotopic (exact) mass is 179 g/mol. The molecule has 0 fully saturated rings. The van der Waals surface area contributed by atoms with Gasteiger partial charge >= 0.3 is 0 Å². The zero-order chi connectivity index (χ0) is 8.55. The molecule has 0 unspecified atom stereocenters. The van der Waals surface area contributed by atoms with Gasteiger partial charge in [0.25, 0.3) is 0 Å². The lowest BCUT2D eigenvalue weighted by atomic mass is 10.2. The molecule has 0 atom stereocenters. The molecule has 1 aromatic carbocycles. The Labute approximate surface area is 74.6 Å². The Hall–Kier alpha value is -1.28. The van der Waals surface area contributed by atoms with Gasteiger partial charge in [-0.3, -0.25) is 0 Å². The summed E-state index contributed by atoms with van der Waals surface area (Å²) in [6.45, 7) is 0. The van der Waals surface area contributed by atoms with Crippen molar-refractivity contribution >= 4 is 22.5 Å². The maximum atomic E-state index is 11.2. The number of hydrogen-bond donors (Lipinski definition) is 0. The van der Waals surface area contributed by atoms with Crippen LogP contribution in [0, 0.1) is 5.21 Å². The van der Waals surface area contributed by atoms with Crippen LogP contribution in [-0.4, -0.2) is 0 Å². The maximum Gasteiger partial charge on any atom is 0.223 e. The predicted octanol–water partition coefficient (Wildman–Crippen LogP) is 2.13. The van der Waals surface area contributed by atoms with Crippen LogP contribution in [0.2, 0.25) is 5.02 Å². The average Bonchev–Trinajstić information content (AvgIpc) is 2.04. The summed E-state index contributed by atoms with van der Waals surface area (Å²) in [6, 6.07) is 8.75. The minimum Gasteiger partial charge on any atom is -0.618 e. The minimum absolute atomic E-state index is 0.641. The molecule has 0 aliphatic heterocycles. The molecular weight excluding hydrogens is 174 g/mol. The van der Waals surface area contributed by atoms with Crippen LogP contribution in [0.1, 0.15) is 0 Å². The van der Waals surface area contributed by atoms with E-state index in [4.69, 9.17) is 11.6 Å². The lowest BCUT2D eigenvalue weighted by Crippen LogP contribution is -2.25. The molecule has 0 bridgehead atoms. The van der Waals surface area contributed by atoms with Crippen LogP contribution in [0.25, 0.3) is 10.9 Å². The first-order chi connectivity index (χ1) is 5.77. The van der Waals surface area contributed by atoms with Crippen LogP contribution in [0.3, 0.4) is 0 Å². The van der Waals surface area contributed by atoms with Gasteiger partial charge in [0.2, 0.25) is 5.52 Å². The van der Waals surface area contributed by atoms with Crippen LogP contribution in [0.4, 0.5) is 0 Å². The Morgan fingerprint density at radius 2 is 2.08 bits per heavy atom. The largest absolute Gasteiger partial charge is 0.618 e. The summed E-state index contributed by atoms with van der Waals surface area (Å²) in [5, 5.41) is 12.7. The second-order valence-corrected chi connectivity index (χ2v) is 2.97. The van der Waals surface area contributed by atoms with E-state index in [1.807, 2.05) is 6.07 Å². The van der Waals surface area contributed by atoms with E-state index in [2.05, 4.69) is 0 Å². The summed E-state index contributed by atoms with van der Waals surface area (Å²) in [7, 11) is 0. The van der Waals surface area contributed by atoms with E-state index in [1.165, 1.54) is 6.20 Å². The van der Waals surface area contributed by atoms with Crippen molar-refractivity contribution in [3.8, 4) is 0 Å². The van der Waals surface area contributed by atoms with Crippen LogP contribution in [-0.2, 0) is 0 Å². The molecule has 60 valence electrons. The molecular formula is C9H6ClNO. The van der Waals surface area contributed by atoms with Crippen molar-refractivity contribution in [2.45, 2.75) is 0 Å². The van der Waals surface area contributed by atoms with E-state index in [1.54, 1.807) is 24.3 Å². The van der Waals surface area contributed by atoms with E-state index in [-0.39, 0.29) is 0 Å². The first-order valence-electron chi connectivity index (χ1n) is 3.55. The Morgan fingerprint density at radius 3 is 2.92 bits per heavy atom. The van der Waals surface area contributed by atoms with E-state index in [0.717, 1.165) is 10.1 Å². The highest BCUT2D eigenvalue weighted by Crippen LogP contribution is 2.15. The molecule has 0 saturated heterocycles. The van der Waals surface area contributed by atoms with Crippen LogP contribution >= 0.6 is 11.6 Å². The number of pyridine rings is 1. The SMILES string of the molecule is [O-][n+]1cccc2cc(Cl)ccc21. The van der Waals surface area contributed by atoms with Gasteiger partial charge in [-0.15, -0.1) is 0 Å². The average molecular weight is 180 g/mol. The topological polar surface area (TPSA) is 26.9 Å². The number of hydrogen-bond acceptors (Lipinski definition) is 1. The zero-order valence-corrected chi connectivity index (χ0v) is 6.95. The fourth-order valence-corrected chi connectivity index (χ4v) is 1.35. The highest BCUT2D eigenvalue weighted by Gasteiger charge is 2.01. The quantitative estimate of drug-likeness (QED) is 0.450. The first kappa shape index (κ1) is 7.37. The molecule has 1 heterocycles. The summed E-state index contributed by atoms with van der Waals surface area (Å²) in [5.74, 6) is 0. The Bertz CT molecular complexity index is 428. The van der Waals surface area contributed by atoms with Gasteiger partial charge in [0, 0.05) is 22.5 Å². The Morgan fingerprint density at radius 1 is 1.25 bits per heavy atom. The van der Waals surface area contributed by atoms with Crippen molar-refractivity contribution in [1.82, 2.24) is 0 Å². The Balaban J connectivity index is 2.86. The smallest absolute Gasteiger partial charge is 0.223 e. The van der Waals surface area contributed by atoms with Crippen molar-refractivity contribution in [1.29, 1.82) is 0 Å². The van der Waals surface area contributed by atoms with Gasteiger partial charge in [0.05, 0.1) is 0 Å². The third-order valence-electron chi connectivity index (χ3n) is 1.72. The van der Waals surface area contributed by atoms with Crippen LogP contribution in [0.15, 0.2) is 36.5 Å². The molecule has 0 spiro atoms. The summed E-state index contributed by atoms with van der Waals surface area (Å²) < 4.78 is 0.825. The molecule has 0 radical (unpaired) electrons. The lowest BCUT2D eigenvalue weighted by molar-refractivity contribution is -0.577. The van der Waals surface area contributed by atoms with E-state index >= 15 is 0 Å². The summed E-state index contributed by atoms with van der Waals surface area (Å²) in [5.41, 5.74) is 0.641. The molecule has 1 aromatic heterocycles. The summed E-state index contributed by atoms with van der Waals surface area (Å²) in [6.07, 6.45) is 1.47. The highest BCUT2D eigenvalue weighted by molar-refractivity contribution is 6.31. The van der Waals surface area contributed by atoms with E-state index < -0.39 is 0 Å². The molecule has 0 amide bonds. The van der Waals surface area contributed by atoms with Crippen LogP contribution in [0.5, 0.6) is 0 Å². The molecule has 3 heteroatoms. The number of benzene rings is 1. The van der Waals surface area contributed by atoms with Crippen molar-refractivity contribution < 1.29 is 4.73 Å². The highest BCUT2D eigenvalue weighted by atomic mass is 35.5. The van der Waals surface area contributed by atoms with Crippen molar-refractivity contribution in [2.75, 3.05) is 0 Å². The third-order valence-corrected chi connectivity index (χ3v) is 1.96. The maximum absolute atomic E-state index is 11.2. The van der Waals surface area contributed by atoms with Gasteiger partial charge in [-0.2, -0.15) is 4.73 Å². The molecule has 0 aliphatic rings. The number of nitrogens with zero attached hydrogens (tertiary/aromatic N) is 1. The second-order valence-electron chi connectivity index (χ2n) is 2.54. The van der Waals surface area contributed by atoms with Gasteiger partial charge in [-0.05, 0) is 18.2 Å². The normalized spacial score (nSPS) is 10.4. The molecule has 2 nitrogen and oxygen atoms in total. The van der Waals surface area contributed by atoms with Gasteiger partial charge in [0.15, 0.2) is 6.20 Å². The van der Waals surface area contributed by atoms with E-state index in [0.29, 0.717) is 10.5 Å². The fraction of sp³-hybridized carbons (Fsp3) is 0. The number of aromatic nitrogens is 1. The molecule has 0 saturated carbocycles. The second kappa shape index (κ2) is 2.64. The van der Waals surface area contributed by atoms with E-state index in [9.17, 15) is 5.21 Å². The van der Waals surface area contributed by atoms with Gasteiger partial charge in [-0.25, -0.2) is 0 Å². The van der Waals surface area contributed by atoms with Gasteiger partial charge in [-0.1, -0.05) is 11.6 Å². The van der Waals surface area contributed by atoms with Crippen molar-refractivity contribution in [3.05, 3.63) is 46.8 Å². The molecule has 2 rings (SSSR count). The van der Waals surface area contributed by atoms with Crippen molar-refractivity contribution in [2.24, 2.45) is 0 Å². The summed E-state index contributed by atoms with van der Waals surface area (Å²) >= 11 is 5.76. The molecule has 0 aliphatic carbocycles. The number of halogens is 1. The zero-order valence-electron chi connectivity index (χ0n) is 6.20. The molecule has 2 aromatic rings. The minimum atomic E-state index is 0.641. The van der Waals surface area contributed by atoms with Gasteiger partial charge < -0.3 is 5.21 Å². The molecule has 0 N–H and O–H groups in total. The Kier molecular flexibility index (Phi) is 1.62. The summed E-state index contributed by atoms with van der Waals surface area (Å²) in [4.78, 5) is 0. The number of rotatable bonds is 0. The molecule has 12 heavy (non-hydrogen) atoms. The van der Waals surface area contributed by atoms with Crippen LogP contribution < -0.4 is 4.73 Å². The standard InChI is InChI=1S/C9H6ClNO/c10-8-3-4-9-7(6-8)2-1-5-11(9)12/h1-6H. The fourth-order valence-electron chi connectivity index (χ4n) is 1.16. The first-order valence-corrected chi connectivity index (χ1v) is 3.92. The van der Waals surface area contributed by atoms with Gasteiger partial charge in [0.1, 0.15) is 0 Å².